The number of anilines is 2. The first-order valence-electron chi connectivity index (χ1n) is 6.38. The zero-order valence-electron chi connectivity index (χ0n) is 12.4. The Balaban J connectivity index is 2.88. The number of aryl methyl sites for hydroxylation is 1. The van der Waals surface area contributed by atoms with Crippen LogP contribution in [0.3, 0.4) is 0 Å². The Morgan fingerprint density at radius 2 is 1.79 bits per heavy atom. The molecule has 0 aromatic heterocycles. The molecule has 0 aliphatic carbocycles. The highest BCUT2D eigenvalue weighted by Crippen LogP contribution is 2.26. The van der Waals surface area contributed by atoms with Crippen molar-refractivity contribution in [2.45, 2.75) is 41.0 Å². The number of nitrogens with two attached hydrogens (primary N) is 1. The number of hydrogen-bond acceptors (Lipinski definition) is 3. The summed E-state index contributed by atoms with van der Waals surface area (Å²) in [6.45, 7) is 9.80. The van der Waals surface area contributed by atoms with Crippen molar-refractivity contribution in [2.24, 2.45) is 5.41 Å². The van der Waals surface area contributed by atoms with Crippen molar-refractivity contribution >= 4 is 21.4 Å². The highest BCUT2D eigenvalue weighted by Gasteiger charge is 2.18. The van der Waals surface area contributed by atoms with E-state index in [4.69, 9.17) is 5.73 Å². The van der Waals surface area contributed by atoms with E-state index in [-0.39, 0.29) is 11.2 Å². The van der Waals surface area contributed by atoms with Gasteiger partial charge in [0, 0.05) is 5.69 Å². The Hall–Kier alpha value is -1.23. The van der Waals surface area contributed by atoms with Crippen LogP contribution in [0.1, 0.15) is 38.3 Å². The Morgan fingerprint density at radius 3 is 2.32 bits per heavy atom. The number of benzene rings is 1. The topological polar surface area (TPSA) is 72.2 Å². The van der Waals surface area contributed by atoms with E-state index in [1.807, 2.05) is 40.7 Å². The normalized spacial score (nSPS) is 12.5. The molecule has 0 saturated carbocycles. The molecule has 0 atom stereocenters. The van der Waals surface area contributed by atoms with Crippen LogP contribution in [0.2, 0.25) is 0 Å². The highest BCUT2D eigenvalue weighted by atomic mass is 32.2. The van der Waals surface area contributed by atoms with Crippen LogP contribution < -0.4 is 10.5 Å². The molecule has 0 fully saturated rings. The van der Waals surface area contributed by atoms with Crippen molar-refractivity contribution in [1.82, 2.24) is 0 Å². The van der Waals surface area contributed by atoms with Gasteiger partial charge in [0.05, 0.1) is 11.4 Å². The summed E-state index contributed by atoms with van der Waals surface area (Å²) < 4.78 is 26.7. The van der Waals surface area contributed by atoms with Crippen LogP contribution in [-0.2, 0) is 10.0 Å². The molecule has 0 radical (unpaired) electrons. The predicted octanol–water partition coefficient (Wildman–Crippen LogP) is 3.06. The van der Waals surface area contributed by atoms with E-state index < -0.39 is 10.0 Å². The van der Waals surface area contributed by atoms with Gasteiger partial charge in [0.1, 0.15) is 0 Å². The Kier molecular flexibility index (Phi) is 4.50. The van der Waals surface area contributed by atoms with Gasteiger partial charge in [-0.3, -0.25) is 4.72 Å². The number of sulfonamides is 1. The number of nitrogen functional groups attached to an aromatic ring is 1. The van der Waals surface area contributed by atoms with E-state index in [0.717, 1.165) is 11.1 Å². The van der Waals surface area contributed by atoms with Crippen molar-refractivity contribution < 1.29 is 8.42 Å². The number of hydrogen-bond donors (Lipinski definition) is 2. The van der Waals surface area contributed by atoms with E-state index in [9.17, 15) is 8.42 Å². The Bertz CT molecular complexity index is 558. The monoisotopic (exact) mass is 284 g/mol. The third-order valence-corrected chi connectivity index (χ3v) is 4.39. The second-order valence-electron chi connectivity index (χ2n) is 6.20. The van der Waals surface area contributed by atoms with Gasteiger partial charge >= 0.3 is 0 Å². The second-order valence-corrected chi connectivity index (χ2v) is 8.04. The van der Waals surface area contributed by atoms with E-state index in [2.05, 4.69) is 4.72 Å². The van der Waals surface area contributed by atoms with E-state index >= 15 is 0 Å². The predicted molar refractivity (Wildman–Crippen MR) is 81.8 cm³/mol. The van der Waals surface area contributed by atoms with Crippen molar-refractivity contribution in [1.29, 1.82) is 0 Å². The van der Waals surface area contributed by atoms with Gasteiger partial charge in [0.25, 0.3) is 0 Å². The molecule has 1 rings (SSSR count). The molecule has 5 heteroatoms. The summed E-state index contributed by atoms with van der Waals surface area (Å²) in [7, 11) is -3.33. The number of nitrogens with one attached hydrogen (secondary N) is 1. The first-order chi connectivity index (χ1) is 8.52. The zero-order chi connectivity index (χ0) is 14.8. The average molecular weight is 284 g/mol. The van der Waals surface area contributed by atoms with Gasteiger partial charge in [-0.05, 0) is 42.9 Å². The average Bonchev–Trinajstić information content (AvgIpc) is 2.27. The minimum Gasteiger partial charge on any atom is -0.398 e. The lowest BCUT2D eigenvalue weighted by molar-refractivity contribution is 0.397. The molecule has 1 aromatic rings. The maximum absolute atomic E-state index is 12.0. The minimum atomic E-state index is -3.33. The smallest absolute Gasteiger partial charge is 0.232 e. The first kappa shape index (κ1) is 15.8. The third-order valence-electron chi connectivity index (χ3n) is 3.12. The van der Waals surface area contributed by atoms with Crippen LogP contribution in [0.4, 0.5) is 11.4 Å². The van der Waals surface area contributed by atoms with E-state index in [1.165, 1.54) is 0 Å². The lowest BCUT2D eigenvalue weighted by atomic mass is 9.94. The van der Waals surface area contributed by atoms with E-state index in [1.54, 1.807) is 6.07 Å². The van der Waals surface area contributed by atoms with Gasteiger partial charge in [-0.15, -0.1) is 0 Å². The standard InChI is InChI=1S/C14H24N2O2S/c1-10-6-7-12(11(2)13(10)15)16-19(17,18)9-8-14(3,4)5/h6-7,16H,8-9,15H2,1-5H3. The molecule has 0 heterocycles. The zero-order valence-corrected chi connectivity index (χ0v) is 13.2. The quantitative estimate of drug-likeness (QED) is 0.835. The largest absolute Gasteiger partial charge is 0.398 e. The minimum absolute atomic E-state index is 0.00387. The van der Waals surface area contributed by atoms with Crippen LogP contribution in [0.25, 0.3) is 0 Å². The summed E-state index contributed by atoms with van der Waals surface area (Å²) in [6, 6.07) is 3.58. The van der Waals surface area contributed by atoms with Gasteiger partial charge in [-0.25, -0.2) is 8.42 Å². The van der Waals surface area contributed by atoms with E-state index in [0.29, 0.717) is 17.8 Å². The lowest BCUT2D eigenvalue weighted by Gasteiger charge is -2.19. The summed E-state index contributed by atoms with van der Waals surface area (Å²) in [5, 5.41) is 0. The van der Waals surface area contributed by atoms with Crippen LogP contribution in [-0.4, -0.2) is 14.2 Å². The molecule has 1 aromatic carbocycles. The fourth-order valence-corrected chi connectivity index (χ4v) is 3.17. The summed E-state index contributed by atoms with van der Waals surface area (Å²) in [4.78, 5) is 0. The highest BCUT2D eigenvalue weighted by molar-refractivity contribution is 7.92. The second kappa shape index (κ2) is 5.41. The van der Waals surface area contributed by atoms with Crippen molar-refractivity contribution in [3.05, 3.63) is 23.3 Å². The van der Waals surface area contributed by atoms with Crippen LogP contribution >= 0.6 is 0 Å². The maximum Gasteiger partial charge on any atom is 0.232 e. The summed E-state index contributed by atoms with van der Waals surface area (Å²) in [6.07, 6.45) is 0.614. The molecule has 108 valence electrons. The van der Waals surface area contributed by atoms with Crippen molar-refractivity contribution in [3.8, 4) is 0 Å². The van der Waals surface area contributed by atoms with Crippen LogP contribution in [0, 0.1) is 19.3 Å². The van der Waals surface area contributed by atoms with Gasteiger partial charge in [-0.2, -0.15) is 0 Å². The van der Waals surface area contributed by atoms with Gasteiger partial charge < -0.3 is 5.73 Å². The molecule has 19 heavy (non-hydrogen) atoms. The molecular formula is C14H24N2O2S. The first-order valence-corrected chi connectivity index (χ1v) is 8.03. The summed E-state index contributed by atoms with van der Waals surface area (Å²) in [5.74, 6) is 0.115. The molecule has 0 amide bonds. The van der Waals surface area contributed by atoms with Crippen molar-refractivity contribution in [3.63, 3.8) is 0 Å². The molecular weight excluding hydrogens is 260 g/mol. The van der Waals surface area contributed by atoms with Crippen LogP contribution in [0.15, 0.2) is 12.1 Å². The van der Waals surface area contributed by atoms with Crippen molar-refractivity contribution in [2.75, 3.05) is 16.2 Å². The molecule has 3 N–H and O–H groups in total. The van der Waals surface area contributed by atoms with Crippen LogP contribution in [0.5, 0.6) is 0 Å². The molecule has 0 aliphatic rings. The Labute approximate surface area is 116 Å². The maximum atomic E-state index is 12.0. The van der Waals surface area contributed by atoms with Gasteiger partial charge in [0.2, 0.25) is 10.0 Å². The molecule has 4 nitrogen and oxygen atoms in total. The molecule has 0 saturated heterocycles. The number of rotatable bonds is 4. The SMILES string of the molecule is Cc1ccc(NS(=O)(=O)CCC(C)(C)C)c(C)c1N. The summed E-state index contributed by atoms with van der Waals surface area (Å²) >= 11 is 0. The fraction of sp³-hybridized carbons (Fsp3) is 0.571. The van der Waals surface area contributed by atoms with Gasteiger partial charge in [0.15, 0.2) is 0 Å². The molecule has 0 spiro atoms. The summed E-state index contributed by atoms with van der Waals surface area (Å²) in [5.41, 5.74) is 8.84. The lowest BCUT2D eigenvalue weighted by Crippen LogP contribution is -2.21. The Morgan fingerprint density at radius 1 is 1.21 bits per heavy atom. The van der Waals surface area contributed by atoms with Gasteiger partial charge in [-0.1, -0.05) is 26.8 Å². The molecule has 0 bridgehead atoms. The molecule has 0 unspecified atom stereocenters. The fourth-order valence-electron chi connectivity index (χ4n) is 1.63. The molecule has 0 aliphatic heterocycles. The third kappa shape index (κ3) is 4.74.